The average molecular weight is 274 g/mol. The van der Waals surface area contributed by atoms with Crippen LogP contribution in [0.4, 0.5) is 5.69 Å². The molecule has 0 spiro atoms. The monoisotopic (exact) mass is 274 g/mol. The molecule has 1 heterocycles. The fraction of sp³-hybridized carbons (Fsp3) is 0.588. The summed E-state index contributed by atoms with van der Waals surface area (Å²) in [4.78, 5) is 16.5. The Morgan fingerprint density at radius 1 is 1.15 bits per heavy atom. The van der Waals surface area contributed by atoms with E-state index in [1.165, 1.54) is 16.8 Å². The van der Waals surface area contributed by atoms with Crippen molar-refractivity contribution in [3.8, 4) is 0 Å². The molecule has 0 N–H and O–H groups in total. The number of benzene rings is 1. The molecule has 0 amide bonds. The summed E-state index contributed by atoms with van der Waals surface area (Å²) in [5, 5.41) is 0. The Labute approximate surface area is 122 Å². The first-order valence-corrected chi connectivity index (χ1v) is 7.55. The first kappa shape index (κ1) is 15.0. The molecule has 0 unspecified atom stereocenters. The van der Waals surface area contributed by atoms with Crippen molar-refractivity contribution in [2.75, 3.05) is 37.6 Å². The van der Waals surface area contributed by atoms with E-state index in [-0.39, 0.29) is 5.92 Å². The summed E-state index contributed by atoms with van der Waals surface area (Å²) in [5.74, 6) is 0.497. The molecule has 3 heteroatoms. The van der Waals surface area contributed by atoms with E-state index in [0.717, 1.165) is 26.2 Å². The van der Waals surface area contributed by atoms with Crippen LogP contribution < -0.4 is 4.90 Å². The van der Waals surface area contributed by atoms with Gasteiger partial charge in [0, 0.05) is 37.8 Å². The largest absolute Gasteiger partial charge is 0.369 e. The number of carbonyl (C=O) groups is 1. The Kier molecular flexibility index (Phi) is 4.81. The van der Waals surface area contributed by atoms with Gasteiger partial charge in [0.15, 0.2) is 0 Å². The third-order valence-electron chi connectivity index (χ3n) is 4.31. The van der Waals surface area contributed by atoms with Crippen molar-refractivity contribution >= 4 is 11.5 Å². The number of anilines is 1. The standard InChI is InChI=1S/C17H26N2O/c1-13(2)17(20)12-18-8-10-19(11-9-18)16-7-5-6-14(3)15(16)4/h5-7,13H,8-12H2,1-4H3. The van der Waals surface area contributed by atoms with Crippen LogP contribution in [0.5, 0.6) is 0 Å². The molecule has 1 aromatic rings. The van der Waals surface area contributed by atoms with Gasteiger partial charge in [-0.05, 0) is 31.0 Å². The van der Waals surface area contributed by atoms with Gasteiger partial charge in [0.05, 0.1) is 6.54 Å². The number of Topliss-reactive ketones (excluding diaryl/α,β-unsaturated/α-hetero) is 1. The van der Waals surface area contributed by atoms with Gasteiger partial charge in [-0.2, -0.15) is 0 Å². The number of hydrogen-bond acceptors (Lipinski definition) is 3. The highest BCUT2D eigenvalue weighted by atomic mass is 16.1. The van der Waals surface area contributed by atoms with Gasteiger partial charge in [0.25, 0.3) is 0 Å². The summed E-state index contributed by atoms with van der Waals surface area (Å²) in [6.07, 6.45) is 0. The molecule has 20 heavy (non-hydrogen) atoms. The molecule has 1 aliphatic rings. The molecule has 110 valence electrons. The molecule has 1 fully saturated rings. The normalized spacial score (nSPS) is 16.8. The number of nitrogens with zero attached hydrogens (tertiary/aromatic N) is 2. The molecular weight excluding hydrogens is 248 g/mol. The van der Waals surface area contributed by atoms with Crippen molar-refractivity contribution in [1.29, 1.82) is 0 Å². The maximum atomic E-state index is 11.8. The van der Waals surface area contributed by atoms with Crippen molar-refractivity contribution in [2.45, 2.75) is 27.7 Å². The van der Waals surface area contributed by atoms with Gasteiger partial charge in [-0.1, -0.05) is 26.0 Å². The molecular formula is C17H26N2O. The van der Waals surface area contributed by atoms with Crippen LogP contribution in [0.3, 0.4) is 0 Å². The Morgan fingerprint density at radius 3 is 2.40 bits per heavy atom. The molecule has 0 saturated carbocycles. The van der Waals surface area contributed by atoms with E-state index in [4.69, 9.17) is 0 Å². The zero-order valence-electron chi connectivity index (χ0n) is 13.1. The lowest BCUT2D eigenvalue weighted by atomic mass is 10.1. The average Bonchev–Trinajstić information content (AvgIpc) is 2.43. The number of carbonyl (C=O) groups excluding carboxylic acids is 1. The van der Waals surface area contributed by atoms with Gasteiger partial charge < -0.3 is 4.90 Å². The van der Waals surface area contributed by atoms with E-state index < -0.39 is 0 Å². The van der Waals surface area contributed by atoms with E-state index in [1.807, 2.05) is 13.8 Å². The summed E-state index contributed by atoms with van der Waals surface area (Å²) in [6.45, 7) is 12.9. The van der Waals surface area contributed by atoms with Crippen molar-refractivity contribution in [1.82, 2.24) is 4.90 Å². The minimum Gasteiger partial charge on any atom is -0.369 e. The lowest BCUT2D eigenvalue weighted by molar-refractivity contribution is -0.123. The Bertz CT molecular complexity index is 474. The van der Waals surface area contributed by atoms with Gasteiger partial charge >= 0.3 is 0 Å². The van der Waals surface area contributed by atoms with Gasteiger partial charge in [0.2, 0.25) is 0 Å². The van der Waals surface area contributed by atoms with Crippen LogP contribution in [0.15, 0.2) is 18.2 Å². The fourth-order valence-corrected chi connectivity index (χ4v) is 2.63. The third-order valence-corrected chi connectivity index (χ3v) is 4.31. The molecule has 0 radical (unpaired) electrons. The zero-order chi connectivity index (χ0) is 14.7. The second-order valence-electron chi connectivity index (χ2n) is 6.10. The van der Waals surface area contributed by atoms with Crippen LogP contribution in [0, 0.1) is 19.8 Å². The summed E-state index contributed by atoms with van der Waals surface area (Å²) >= 11 is 0. The first-order valence-electron chi connectivity index (χ1n) is 7.55. The summed E-state index contributed by atoms with van der Waals surface area (Å²) in [6, 6.07) is 6.50. The predicted octanol–water partition coefficient (Wildman–Crippen LogP) is 2.65. The predicted molar refractivity (Wildman–Crippen MR) is 84.4 cm³/mol. The van der Waals surface area contributed by atoms with Crippen molar-refractivity contribution in [3.05, 3.63) is 29.3 Å². The minimum absolute atomic E-state index is 0.145. The number of hydrogen-bond donors (Lipinski definition) is 0. The highest BCUT2D eigenvalue weighted by molar-refractivity contribution is 5.82. The van der Waals surface area contributed by atoms with Crippen LogP contribution in [0.25, 0.3) is 0 Å². The van der Waals surface area contributed by atoms with Gasteiger partial charge in [-0.15, -0.1) is 0 Å². The van der Waals surface area contributed by atoms with Crippen LogP contribution in [0.2, 0.25) is 0 Å². The van der Waals surface area contributed by atoms with E-state index in [1.54, 1.807) is 0 Å². The topological polar surface area (TPSA) is 23.6 Å². The second kappa shape index (κ2) is 6.40. The van der Waals surface area contributed by atoms with Gasteiger partial charge in [-0.25, -0.2) is 0 Å². The molecule has 1 saturated heterocycles. The SMILES string of the molecule is Cc1cccc(N2CCN(CC(=O)C(C)C)CC2)c1C. The summed E-state index contributed by atoms with van der Waals surface area (Å²) in [5.41, 5.74) is 4.07. The minimum atomic E-state index is 0.145. The Morgan fingerprint density at radius 2 is 1.80 bits per heavy atom. The second-order valence-corrected chi connectivity index (χ2v) is 6.10. The van der Waals surface area contributed by atoms with Crippen LogP contribution in [0.1, 0.15) is 25.0 Å². The number of aryl methyl sites for hydroxylation is 1. The summed E-state index contributed by atoms with van der Waals surface area (Å²) in [7, 11) is 0. The molecule has 0 atom stereocenters. The van der Waals surface area contributed by atoms with E-state index in [0.29, 0.717) is 12.3 Å². The Hall–Kier alpha value is -1.35. The molecule has 1 aliphatic heterocycles. The smallest absolute Gasteiger partial charge is 0.149 e. The fourth-order valence-electron chi connectivity index (χ4n) is 2.63. The van der Waals surface area contributed by atoms with Crippen LogP contribution in [-0.4, -0.2) is 43.4 Å². The number of rotatable bonds is 4. The maximum absolute atomic E-state index is 11.8. The van der Waals surface area contributed by atoms with Gasteiger partial charge in [-0.3, -0.25) is 9.69 Å². The highest BCUT2D eigenvalue weighted by Gasteiger charge is 2.21. The van der Waals surface area contributed by atoms with Crippen LogP contribution >= 0.6 is 0 Å². The van der Waals surface area contributed by atoms with Crippen molar-refractivity contribution in [3.63, 3.8) is 0 Å². The quantitative estimate of drug-likeness (QED) is 0.843. The number of piperazine rings is 1. The van der Waals surface area contributed by atoms with Crippen LogP contribution in [-0.2, 0) is 4.79 Å². The summed E-state index contributed by atoms with van der Waals surface area (Å²) < 4.78 is 0. The van der Waals surface area contributed by atoms with Crippen molar-refractivity contribution < 1.29 is 4.79 Å². The molecule has 0 bridgehead atoms. The number of ketones is 1. The lowest BCUT2D eigenvalue weighted by Gasteiger charge is -2.37. The maximum Gasteiger partial charge on any atom is 0.149 e. The molecule has 1 aromatic carbocycles. The zero-order valence-corrected chi connectivity index (χ0v) is 13.1. The van der Waals surface area contributed by atoms with E-state index in [2.05, 4.69) is 41.8 Å². The van der Waals surface area contributed by atoms with E-state index in [9.17, 15) is 4.79 Å². The lowest BCUT2D eigenvalue weighted by Crippen LogP contribution is -2.48. The molecule has 2 rings (SSSR count). The third kappa shape index (κ3) is 3.40. The Balaban J connectivity index is 1.94. The highest BCUT2D eigenvalue weighted by Crippen LogP contribution is 2.23. The first-order chi connectivity index (χ1) is 9.49. The van der Waals surface area contributed by atoms with Gasteiger partial charge in [0.1, 0.15) is 5.78 Å². The van der Waals surface area contributed by atoms with Crippen molar-refractivity contribution in [2.24, 2.45) is 5.92 Å². The molecule has 0 aromatic heterocycles. The molecule has 0 aliphatic carbocycles. The van der Waals surface area contributed by atoms with E-state index >= 15 is 0 Å². The molecule has 3 nitrogen and oxygen atoms in total.